The Bertz CT molecular complexity index is 401. The summed E-state index contributed by atoms with van der Waals surface area (Å²) in [5, 5.41) is 1.76. The van der Waals surface area contributed by atoms with Crippen LogP contribution in [0.4, 0.5) is 0 Å². The summed E-state index contributed by atoms with van der Waals surface area (Å²) in [6.45, 7) is 7.91. The SMILES string of the molecule is CC(NS(=O)(=O)c1cccs1)C(C)(C)C. The van der Waals surface area contributed by atoms with Crippen molar-refractivity contribution in [1.82, 2.24) is 4.72 Å². The normalized spacial score (nSPS) is 15.2. The van der Waals surface area contributed by atoms with Crippen LogP contribution in [0.2, 0.25) is 0 Å². The van der Waals surface area contributed by atoms with E-state index in [0.717, 1.165) is 0 Å². The zero-order valence-electron chi connectivity index (χ0n) is 9.44. The van der Waals surface area contributed by atoms with Crippen molar-refractivity contribution in [3.63, 3.8) is 0 Å². The number of thiophene rings is 1. The molecule has 0 aliphatic heterocycles. The highest BCUT2D eigenvalue weighted by molar-refractivity contribution is 7.91. The maximum atomic E-state index is 11.8. The van der Waals surface area contributed by atoms with Gasteiger partial charge in [0.1, 0.15) is 4.21 Å². The van der Waals surface area contributed by atoms with E-state index < -0.39 is 10.0 Å². The zero-order valence-corrected chi connectivity index (χ0v) is 11.1. The van der Waals surface area contributed by atoms with Gasteiger partial charge in [-0.1, -0.05) is 26.8 Å². The van der Waals surface area contributed by atoms with E-state index in [1.807, 2.05) is 27.7 Å². The van der Waals surface area contributed by atoms with Crippen molar-refractivity contribution in [2.45, 2.75) is 37.9 Å². The standard InChI is InChI=1S/C10H17NO2S2/c1-8(10(2,3)4)11-15(12,13)9-6-5-7-14-9/h5-8,11H,1-4H3. The summed E-state index contributed by atoms with van der Waals surface area (Å²) in [7, 11) is -3.33. The molecule has 86 valence electrons. The average molecular weight is 247 g/mol. The van der Waals surface area contributed by atoms with E-state index in [2.05, 4.69) is 4.72 Å². The minimum Gasteiger partial charge on any atom is -0.207 e. The van der Waals surface area contributed by atoms with E-state index in [1.54, 1.807) is 17.5 Å². The molecule has 0 fully saturated rings. The molecule has 0 aliphatic rings. The van der Waals surface area contributed by atoms with Gasteiger partial charge in [0.15, 0.2) is 0 Å². The lowest BCUT2D eigenvalue weighted by molar-refractivity contribution is 0.318. The van der Waals surface area contributed by atoms with Crippen LogP contribution in [0.3, 0.4) is 0 Å². The molecule has 0 bridgehead atoms. The van der Waals surface area contributed by atoms with Gasteiger partial charge in [-0.2, -0.15) is 0 Å². The van der Waals surface area contributed by atoms with Gasteiger partial charge in [-0.15, -0.1) is 11.3 Å². The topological polar surface area (TPSA) is 46.2 Å². The lowest BCUT2D eigenvalue weighted by Gasteiger charge is -2.27. The second-order valence-corrected chi connectivity index (χ2v) is 7.53. The van der Waals surface area contributed by atoms with Crippen molar-refractivity contribution in [3.05, 3.63) is 17.5 Å². The molecule has 1 unspecified atom stereocenters. The second kappa shape index (κ2) is 4.23. The van der Waals surface area contributed by atoms with Crippen LogP contribution in [-0.2, 0) is 10.0 Å². The van der Waals surface area contributed by atoms with Crippen LogP contribution in [0.25, 0.3) is 0 Å². The molecular weight excluding hydrogens is 230 g/mol. The summed E-state index contributed by atoms with van der Waals surface area (Å²) >= 11 is 1.23. The molecule has 0 radical (unpaired) electrons. The van der Waals surface area contributed by atoms with E-state index in [9.17, 15) is 8.42 Å². The number of rotatable bonds is 3. The Balaban J connectivity index is 2.84. The van der Waals surface area contributed by atoms with Gasteiger partial charge < -0.3 is 0 Å². The highest BCUT2D eigenvalue weighted by atomic mass is 32.2. The van der Waals surface area contributed by atoms with Crippen LogP contribution >= 0.6 is 11.3 Å². The Hall–Kier alpha value is -0.390. The molecule has 0 amide bonds. The van der Waals surface area contributed by atoms with Crippen molar-refractivity contribution in [2.75, 3.05) is 0 Å². The van der Waals surface area contributed by atoms with Gasteiger partial charge in [0.2, 0.25) is 10.0 Å². The lowest BCUT2D eigenvalue weighted by atomic mass is 9.89. The molecule has 0 aromatic carbocycles. The fraction of sp³-hybridized carbons (Fsp3) is 0.600. The highest BCUT2D eigenvalue weighted by Gasteiger charge is 2.26. The first-order valence-corrected chi connectivity index (χ1v) is 7.15. The molecule has 1 rings (SSSR count). The summed E-state index contributed by atoms with van der Waals surface area (Å²) in [6.07, 6.45) is 0. The summed E-state index contributed by atoms with van der Waals surface area (Å²) < 4.78 is 26.8. The van der Waals surface area contributed by atoms with E-state index in [-0.39, 0.29) is 11.5 Å². The van der Waals surface area contributed by atoms with Crippen LogP contribution in [0, 0.1) is 5.41 Å². The van der Waals surface area contributed by atoms with Crippen LogP contribution in [-0.4, -0.2) is 14.5 Å². The molecule has 5 heteroatoms. The predicted molar refractivity (Wildman–Crippen MR) is 63.6 cm³/mol. The van der Waals surface area contributed by atoms with Crippen LogP contribution in [0.5, 0.6) is 0 Å². The van der Waals surface area contributed by atoms with E-state index >= 15 is 0 Å². The number of sulfonamides is 1. The largest absolute Gasteiger partial charge is 0.250 e. The second-order valence-electron chi connectivity index (χ2n) is 4.64. The number of nitrogens with one attached hydrogen (secondary N) is 1. The number of hydrogen-bond donors (Lipinski definition) is 1. The Morgan fingerprint density at radius 2 is 2.00 bits per heavy atom. The highest BCUT2D eigenvalue weighted by Crippen LogP contribution is 2.22. The van der Waals surface area contributed by atoms with Gasteiger partial charge in [-0.25, -0.2) is 13.1 Å². The summed E-state index contributed by atoms with van der Waals surface area (Å²) in [5.74, 6) is 0. The van der Waals surface area contributed by atoms with Crippen LogP contribution < -0.4 is 4.72 Å². The van der Waals surface area contributed by atoms with Crippen molar-refractivity contribution < 1.29 is 8.42 Å². The van der Waals surface area contributed by atoms with Crippen molar-refractivity contribution >= 4 is 21.4 Å². The summed E-state index contributed by atoms with van der Waals surface area (Å²) in [4.78, 5) is 0. The number of hydrogen-bond acceptors (Lipinski definition) is 3. The van der Waals surface area contributed by atoms with Gasteiger partial charge in [-0.3, -0.25) is 0 Å². The Kier molecular flexibility index (Phi) is 3.58. The first kappa shape index (κ1) is 12.7. The van der Waals surface area contributed by atoms with Gasteiger partial charge >= 0.3 is 0 Å². The molecule has 1 heterocycles. The lowest BCUT2D eigenvalue weighted by Crippen LogP contribution is -2.41. The smallest absolute Gasteiger partial charge is 0.207 e. The first-order chi connectivity index (χ1) is 6.73. The Morgan fingerprint density at radius 1 is 1.40 bits per heavy atom. The van der Waals surface area contributed by atoms with Gasteiger partial charge in [0.05, 0.1) is 0 Å². The minimum atomic E-state index is -3.33. The van der Waals surface area contributed by atoms with Gasteiger partial charge in [0, 0.05) is 6.04 Å². The quantitative estimate of drug-likeness (QED) is 0.892. The predicted octanol–water partition coefficient (Wildman–Crippen LogP) is 2.46. The fourth-order valence-electron chi connectivity index (χ4n) is 0.884. The minimum absolute atomic E-state index is 0.0790. The van der Waals surface area contributed by atoms with Crippen LogP contribution in [0.1, 0.15) is 27.7 Å². The molecular formula is C10H17NO2S2. The molecule has 1 atom stereocenters. The molecule has 0 saturated heterocycles. The monoisotopic (exact) mass is 247 g/mol. The van der Waals surface area contributed by atoms with Crippen molar-refractivity contribution in [3.8, 4) is 0 Å². The molecule has 1 aromatic heterocycles. The maximum Gasteiger partial charge on any atom is 0.250 e. The van der Waals surface area contributed by atoms with Gasteiger partial charge in [-0.05, 0) is 23.8 Å². The first-order valence-electron chi connectivity index (χ1n) is 4.79. The molecule has 3 nitrogen and oxygen atoms in total. The fourth-order valence-corrected chi connectivity index (χ4v) is 3.34. The van der Waals surface area contributed by atoms with E-state index in [1.165, 1.54) is 11.3 Å². The van der Waals surface area contributed by atoms with Gasteiger partial charge in [0.25, 0.3) is 0 Å². The third-order valence-corrected chi connectivity index (χ3v) is 5.33. The molecule has 1 N–H and O–H groups in total. The molecule has 15 heavy (non-hydrogen) atoms. The van der Waals surface area contributed by atoms with E-state index in [0.29, 0.717) is 4.21 Å². The third kappa shape index (κ3) is 3.29. The average Bonchev–Trinajstić information content (AvgIpc) is 2.52. The van der Waals surface area contributed by atoms with Crippen molar-refractivity contribution in [1.29, 1.82) is 0 Å². The Morgan fingerprint density at radius 3 is 2.40 bits per heavy atom. The Labute approximate surface area is 95.6 Å². The molecule has 0 aliphatic carbocycles. The van der Waals surface area contributed by atoms with Crippen LogP contribution in [0.15, 0.2) is 21.7 Å². The van der Waals surface area contributed by atoms with E-state index in [4.69, 9.17) is 0 Å². The molecule has 0 spiro atoms. The maximum absolute atomic E-state index is 11.8. The molecule has 1 aromatic rings. The third-order valence-electron chi connectivity index (χ3n) is 2.39. The summed E-state index contributed by atoms with van der Waals surface area (Å²) in [6, 6.07) is 3.26. The summed E-state index contributed by atoms with van der Waals surface area (Å²) in [5.41, 5.74) is -0.0790. The van der Waals surface area contributed by atoms with Crippen molar-refractivity contribution in [2.24, 2.45) is 5.41 Å². The molecule has 0 saturated carbocycles. The zero-order chi connectivity index (χ0) is 11.7.